The highest BCUT2D eigenvalue weighted by atomic mass is 31.0. The summed E-state index contributed by atoms with van der Waals surface area (Å²) in [6, 6.07) is 0. The maximum atomic E-state index is 2.70. The second-order valence-electron chi connectivity index (χ2n) is 3.43. The van der Waals surface area contributed by atoms with Crippen LogP contribution in [-0.2, 0) is 0 Å². The first kappa shape index (κ1) is 26.3. The fourth-order valence-electron chi connectivity index (χ4n) is 0.612. The van der Waals surface area contributed by atoms with Gasteiger partial charge in [0.15, 0.2) is 0 Å². The van der Waals surface area contributed by atoms with Gasteiger partial charge in [-0.05, 0) is 18.5 Å². The van der Waals surface area contributed by atoms with E-state index in [1.54, 1.807) is 0 Å². The lowest BCUT2D eigenvalue weighted by Gasteiger charge is -1.79. The van der Waals surface area contributed by atoms with Crippen LogP contribution in [0.4, 0.5) is 0 Å². The molecular formula is C12H36P4. The van der Waals surface area contributed by atoms with Crippen molar-refractivity contribution in [1.82, 2.24) is 0 Å². The van der Waals surface area contributed by atoms with Crippen LogP contribution in [0.2, 0.25) is 0 Å². The standard InChI is InChI=1S/3C4H11P.H3P/c3*1-2-3-4-5;/h3*2-5H2,1H3;1H3. The first-order valence-corrected chi connectivity index (χ1v) is 8.80. The lowest BCUT2D eigenvalue weighted by molar-refractivity contribution is 0.897. The smallest absolute Gasteiger partial charge is 0.0381 e. The first-order valence-electron chi connectivity index (χ1n) is 6.35. The van der Waals surface area contributed by atoms with E-state index >= 15 is 0 Å². The fourth-order valence-corrected chi connectivity index (χ4v) is 1.84. The Morgan fingerprint density at radius 1 is 0.562 bits per heavy atom. The molecule has 0 aliphatic heterocycles. The minimum Gasteiger partial charge on any atom is -0.153 e. The lowest BCUT2D eigenvalue weighted by Crippen LogP contribution is -1.64. The Labute approximate surface area is 116 Å². The highest BCUT2D eigenvalue weighted by Gasteiger charge is 1.69. The molecule has 0 aliphatic carbocycles. The third-order valence-corrected chi connectivity index (χ3v) is 2.90. The highest BCUT2D eigenvalue weighted by Crippen LogP contribution is 1.90. The van der Waals surface area contributed by atoms with Crippen molar-refractivity contribution in [1.29, 1.82) is 0 Å². The van der Waals surface area contributed by atoms with Gasteiger partial charge < -0.3 is 0 Å². The van der Waals surface area contributed by atoms with Crippen molar-refractivity contribution < 1.29 is 0 Å². The Morgan fingerprint density at radius 3 is 0.750 bits per heavy atom. The van der Waals surface area contributed by atoms with Gasteiger partial charge in [-0.25, -0.2) is 0 Å². The maximum absolute atomic E-state index is 2.70. The molecule has 0 saturated carbocycles. The third kappa shape index (κ3) is 57.2. The Balaban J connectivity index is -0.0000000655. The van der Waals surface area contributed by atoms with Gasteiger partial charge in [-0.1, -0.05) is 59.3 Å². The van der Waals surface area contributed by atoms with Crippen LogP contribution in [-0.4, -0.2) is 18.5 Å². The second kappa shape index (κ2) is 36.0. The topological polar surface area (TPSA) is 0 Å². The largest absolute Gasteiger partial charge is 0.153 e. The van der Waals surface area contributed by atoms with E-state index in [9.17, 15) is 0 Å². The van der Waals surface area contributed by atoms with Crippen molar-refractivity contribution in [3.8, 4) is 0 Å². The summed E-state index contributed by atoms with van der Waals surface area (Å²) in [6.07, 6.45) is 11.8. The number of unbranched alkanes of at least 4 members (excludes halogenated alkanes) is 3. The van der Waals surface area contributed by atoms with E-state index in [-0.39, 0.29) is 9.90 Å². The molecule has 4 heteroatoms. The van der Waals surface area contributed by atoms with E-state index in [0.29, 0.717) is 0 Å². The molecule has 0 aromatic carbocycles. The highest BCUT2D eigenvalue weighted by molar-refractivity contribution is 7.16. The number of rotatable bonds is 6. The van der Waals surface area contributed by atoms with Crippen LogP contribution in [0.25, 0.3) is 0 Å². The molecule has 0 aromatic heterocycles. The van der Waals surface area contributed by atoms with Crippen LogP contribution >= 0.6 is 37.6 Å². The van der Waals surface area contributed by atoms with Gasteiger partial charge in [-0.2, -0.15) is 9.90 Å². The van der Waals surface area contributed by atoms with Crippen LogP contribution in [0.5, 0.6) is 0 Å². The molecule has 104 valence electrons. The molecule has 0 heterocycles. The Morgan fingerprint density at radius 2 is 0.750 bits per heavy atom. The van der Waals surface area contributed by atoms with Gasteiger partial charge in [0, 0.05) is 0 Å². The van der Waals surface area contributed by atoms with E-state index in [1.807, 2.05) is 0 Å². The summed E-state index contributed by atoms with van der Waals surface area (Å²) in [6.45, 7) is 6.60. The summed E-state index contributed by atoms with van der Waals surface area (Å²) >= 11 is 0. The number of hydrogen-bond donors (Lipinski definition) is 0. The van der Waals surface area contributed by atoms with E-state index in [1.165, 1.54) is 57.0 Å². The molecule has 0 radical (unpaired) electrons. The summed E-state index contributed by atoms with van der Waals surface area (Å²) in [7, 11) is 8.10. The van der Waals surface area contributed by atoms with Gasteiger partial charge in [0.1, 0.15) is 0 Å². The quantitative estimate of drug-likeness (QED) is 0.603. The molecule has 0 aliphatic rings. The molecule has 0 fully saturated rings. The molecule has 4 unspecified atom stereocenters. The monoisotopic (exact) mass is 304 g/mol. The summed E-state index contributed by atoms with van der Waals surface area (Å²) < 4.78 is 0. The Hall–Kier alpha value is 1.72. The van der Waals surface area contributed by atoms with Crippen LogP contribution in [0.1, 0.15) is 59.3 Å². The molecule has 4 atom stereocenters. The van der Waals surface area contributed by atoms with Crippen LogP contribution in [0.15, 0.2) is 0 Å². The molecule has 0 spiro atoms. The van der Waals surface area contributed by atoms with E-state index in [4.69, 9.17) is 0 Å². The van der Waals surface area contributed by atoms with Gasteiger partial charge in [-0.15, -0.1) is 27.7 Å². The van der Waals surface area contributed by atoms with Gasteiger partial charge in [0.05, 0.1) is 0 Å². The van der Waals surface area contributed by atoms with Crippen molar-refractivity contribution in [2.75, 3.05) is 18.5 Å². The molecule has 0 saturated heterocycles. The molecule has 0 amide bonds. The SMILES string of the molecule is CCCCP.CCCCP.CCCCP.P. The molecule has 16 heavy (non-hydrogen) atoms. The zero-order valence-electron chi connectivity index (χ0n) is 11.8. The third-order valence-electron chi connectivity index (χ3n) is 1.67. The lowest BCUT2D eigenvalue weighted by atomic mass is 10.4. The Kier molecular flexibility index (Phi) is 59.1. The minimum absolute atomic E-state index is 0. The predicted molar refractivity (Wildman–Crippen MR) is 99.6 cm³/mol. The summed E-state index contributed by atoms with van der Waals surface area (Å²) in [5.41, 5.74) is 0. The zero-order valence-corrected chi connectivity index (χ0v) is 16.7. The van der Waals surface area contributed by atoms with Crippen molar-refractivity contribution in [3.63, 3.8) is 0 Å². The van der Waals surface area contributed by atoms with Gasteiger partial charge in [0.2, 0.25) is 0 Å². The minimum atomic E-state index is 0. The molecule has 0 rings (SSSR count). The van der Waals surface area contributed by atoms with Gasteiger partial charge in [-0.3, -0.25) is 0 Å². The summed E-state index contributed by atoms with van der Waals surface area (Å²) in [4.78, 5) is 0. The van der Waals surface area contributed by atoms with Gasteiger partial charge in [0.25, 0.3) is 0 Å². The molecule has 0 nitrogen and oxygen atoms in total. The van der Waals surface area contributed by atoms with Crippen molar-refractivity contribution >= 4 is 37.6 Å². The first-order chi connectivity index (χ1) is 7.24. The molecule has 0 bridgehead atoms. The van der Waals surface area contributed by atoms with Crippen molar-refractivity contribution in [2.24, 2.45) is 0 Å². The predicted octanol–water partition coefficient (Wildman–Crippen LogP) is 5.04. The average molecular weight is 304 g/mol. The maximum Gasteiger partial charge on any atom is -0.0381 e. The normalized spacial score (nSPS) is 7.88. The van der Waals surface area contributed by atoms with E-state index in [2.05, 4.69) is 48.5 Å². The summed E-state index contributed by atoms with van der Waals surface area (Å²) in [5, 5.41) is 0. The van der Waals surface area contributed by atoms with Crippen molar-refractivity contribution in [2.45, 2.75) is 59.3 Å². The average Bonchev–Trinajstić information content (AvgIpc) is 2.23. The second-order valence-corrected chi connectivity index (χ2v) is 5.16. The Bertz CT molecular complexity index is 49.8. The molecule has 0 N–H and O–H groups in total. The molecule has 0 aromatic rings. The molecular weight excluding hydrogens is 268 g/mol. The zero-order chi connectivity index (χ0) is 12.4. The van der Waals surface area contributed by atoms with Crippen molar-refractivity contribution in [3.05, 3.63) is 0 Å². The fraction of sp³-hybridized carbons (Fsp3) is 1.00. The van der Waals surface area contributed by atoms with E-state index < -0.39 is 0 Å². The van der Waals surface area contributed by atoms with Gasteiger partial charge >= 0.3 is 0 Å². The van der Waals surface area contributed by atoms with Crippen LogP contribution < -0.4 is 0 Å². The van der Waals surface area contributed by atoms with Crippen LogP contribution in [0.3, 0.4) is 0 Å². The number of hydrogen-bond acceptors (Lipinski definition) is 0. The van der Waals surface area contributed by atoms with E-state index in [0.717, 1.165) is 0 Å². The van der Waals surface area contributed by atoms with Crippen LogP contribution in [0, 0.1) is 0 Å². The summed E-state index contributed by atoms with van der Waals surface area (Å²) in [5.74, 6) is 0.